The summed E-state index contributed by atoms with van der Waals surface area (Å²) < 4.78 is 6.89. The number of aromatic nitrogens is 4. The van der Waals surface area contributed by atoms with Crippen LogP contribution in [0.4, 0.5) is 0 Å². The standard InChI is InChI=1S/C11H17N5S2/c1-7(2)12-5-9-8(3)15-16(4)10(9)17-11-13-6-14-18-11/h6-7,12H,5H2,1-4H3. The van der Waals surface area contributed by atoms with Crippen molar-refractivity contribution in [2.75, 3.05) is 0 Å². The van der Waals surface area contributed by atoms with E-state index in [0.29, 0.717) is 6.04 Å². The molecule has 2 aromatic heterocycles. The van der Waals surface area contributed by atoms with Gasteiger partial charge in [0.1, 0.15) is 11.4 Å². The van der Waals surface area contributed by atoms with Crippen LogP contribution in [0.15, 0.2) is 15.7 Å². The highest BCUT2D eigenvalue weighted by atomic mass is 32.2. The van der Waals surface area contributed by atoms with Crippen molar-refractivity contribution in [3.05, 3.63) is 17.6 Å². The van der Waals surface area contributed by atoms with Crippen molar-refractivity contribution in [3.63, 3.8) is 0 Å². The molecule has 0 aliphatic carbocycles. The fourth-order valence-electron chi connectivity index (χ4n) is 1.61. The molecule has 0 aliphatic heterocycles. The minimum absolute atomic E-state index is 0.462. The molecule has 0 atom stereocenters. The van der Waals surface area contributed by atoms with E-state index in [0.717, 1.165) is 21.6 Å². The lowest BCUT2D eigenvalue weighted by atomic mass is 10.2. The van der Waals surface area contributed by atoms with Crippen molar-refractivity contribution in [2.24, 2.45) is 7.05 Å². The molecule has 18 heavy (non-hydrogen) atoms. The maximum Gasteiger partial charge on any atom is 0.175 e. The first-order chi connectivity index (χ1) is 8.58. The summed E-state index contributed by atoms with van der Waals surface area (Å²) in [6.07, 6.45) is 1.59. The molecule has 0 saturated carbocycles. The molecule has 0 aliphatic rings. The smallest absolute Gasteiger partial charge is 0.175 e. The Morgan fingerprint density at radius 1 is 1.50 bits per heavy atom. The molecule has 0 radical (unpaired) electrons. The van der Waals surface area contributed by atoms with Gasteiger partial charge in [0.2, 0.25) is 0 Å². The van der Waals surface area contributed by atoms with Crippen LogP contribution in [0.1, 0.15) is 25.1 Å². The zero-order valence-electron chi connectivity index (χ0n) is 11.0. The Hall–Kier alpha value is -0.920. The van der Waals surface area contributed by atoms with E-state index >= 15 is 0 Å². The van der Waals surface area contributed by atoms with Gasteiger partial charge in [0.25, 0.3) is 0 Å². The van der Waals surface area contributed by atoms with E-state index < -0.39 is 0 Å². The van der Waals surface area contributed by atoms with Crippen molar-refractivity contribution < 1.29 is 0 Å². The maximum absolute atomic E-state index is 4.48. The van der Waals surface area contributed by atoms with E-state index in [1.807, 2.05) is 18.7 Å². The molecule has 2 rings (SSSR count). The van der Waals surface area contributed by atoms with Crippen LogP contribution in [-0.2, 0) is 13.6 Å². The summed E-state index contributed by atoms with van der Waals surface area (Å²) in [6.45, 7) is 7.16. The van der Waals surface area contributed by atoms with Crippen LogP contribution < -0.4 is 5.32 Å². The van der Waals surface area contributed by atoms with Gasteiger partial charge in [-0.05, 0) is 30.2 Å². The Morgan fingerprint density at radius 3 is 2.89 bits per heavy atom. The summed E-state index contributed by atoms with van der Waals surface area (Å²) in [7, 11) is 1.97. The number of aryl methyl sites for hydroxylation is 2. The first-order valence-corrected chi connectivity index (χ1v) is 7.37. The van der Waals surface area contributed by atoms with E-state index in [1.165, 1.54) is 17.1 Å². The number of hydrogen-bond acceptors (Lipinski definition) is 6. The molecule has 2 heterocycles. The molecule has 0 amide bonds. The third kappa shape index (κ3) is 3.09. The minimum Gasteiger partial charge on any atom is -0.310 e. The summed E-state index contributed by atoms with van der Waals surface area (Å²) in [5, 5.41) is 9.05. The number of nitrogens with one attached hydrogen (secondary N) is 1. The summed E-state index contributed by atoms with van der Waals surface area (Å²) in [5.74, 6) is 0. The van der Waals surface area contributed by atoms with Gasteiger partial charge in [-0.25, -0.2) is 4.98 Å². The van der Waals surface area contributed by atoms with E-state index in [4.69, 9.17) is 0 Å². The molecule has 0 spiro atoms. The van der Waals surface area contributed by atoms with Gasteiger partial charge in [-0.1, -0.05) is 13.8 Å². The molecule has 7 heteroatoms. The van der Waals surface area contributed by atoms with Crippen LogP contribution in [0.5, 0.6) is 0 Å². The van der Waals surface area contributed by atoms with Crippen LogP contribution >= 0.6 is 23.3 Å². The van der Waals surface area contributed by atoms with Gasteiger partial charge in [0.15, 0.2) is 4.34 Å². The highest BCUT2D eigenvalue weighted by Crippen LogP contribution is 2.31. The predicted molar refractivity (Wildman–Crippen MR) is 74.0 cm³/mol. The quantitative estimate of drug-likeness (QED) is 0.912. The van der Waals surface area contributed by atoms with Crippen molar-refractivity contribution in [3.8, 4) is 0 Å². The lowest BCUT2D eigenvalue weighted by Crippen LogP contribution is -2.22. The van der Waals surface area contributed by atoms with Crippen LogP contribution in [0, 0.1) is 6.92 Å². The van der Waals surface area contributed by atoms with Crippen molar-refractivity contribution in [2.45, 2.75) is 42.7 Å². The van der Waals surface area contributed by atoms with E-state index in [2.05, 4.69) is 33.6 Å². The Kier molecular flexibility index (Phi) is 4.36. The zero-order valence-corrected chi connectivity index (χ0v) is 12.6. The van der Waals surface area contributed by atoms with E-state index in [1.54, 1.807) is 18.1 Å². The van der Waals surface area contributed by atoms with Gasteiger partial charge in [-0.3, -0.25) is 4.68 Å². The van der Waals surface area contributed by atoms with Crippen LogP contribution in [0.2, 0.25) is 0 Å². The lowest BCUT2D eigenvalue weighted by molar-refractivity contribution is 0.580. The summed E-state index contributed by atoms with van der Waals surface area (Å²) in [5.41, 5.74) is 2.31. The van der Waals surface area contributed by atoms with E-state index in [9.17, 15) is 0 Å². The third-order valence-corrected chi connectivity index (χ3v) is 4.42. The Morgan fingerprint density at radius 2 is 2.28 bits per heavy atom. The normalized spacial score (nSPS) is 11.4. The van der Waals surface area contributed by atoms with Gasteiger partial charge in [-0.2, -0.15) is 9.47 Å². The minimum atomic E-state index is 0.462. The van der Waals surface area contributed by atoms with Gasteiger partial charge in [-0.15, -0.1) is 0 Å². The van der Waals surface area contributed by atoms with Crippen molar-refractivity contribution >= 4 is 23.3 Å². The zero-order chi connectivity index (χ0) is 13.1. The topological polar surface area (TPSA) is 55.6 Å². The molecule has 0 fully saturated rings. The number of hydrogen-bond donors (Lipinski definition) is 1. The highest BCUT2D eigenvalue weighted by molar-refractivity contribution is 8.00. The van der Waals surface area contributed by atoms with Gasteiger partial charge >= 0.3 is 0 Å². The summed E-state index contributed by atoms with van der Waals surface area (Å²) in [4.78, 5) is 4.21. The molecular formula is C11H17N5S2. The molecule has 0 saturated heterocycles. The molecule has 98 valence electrons. The molecule has 2 aromatic rings. The average molecular weight is 283 g/mol. The van der Waals surface area contributed by atoms with Gasteiger partial charge in [0.05, 0.1) is 5.69 Å². The second kappa shape index (κ2) is 5.81. The first kappa shape index (κ1) is 13.5. The second-order valence-electron chi connectivity index (χ2n) is 4.34. The highest BCUT2D eigenvalue weighted by Gasteiger charge is 2.15. The van der Waals surface area contributed by atoms with Crippen LogP contribution in [0.25, 0.3) is 0 Å². The average Bonchev–Trinajstić information content (AvgIpc) is 2.87. The lowest BCUT2D eigenvalue weighted by Gasteiger charge is -2.09. The van der Waals surface area contributed by atoms with Crippen molar-refractivity contribution in [1.82, 2.24) is 24.5 Å². The number of nitrogens with zero attached hydrogens (tertiary/aromatic N) is 4. The van der Waals surface area contributed by atoms with Gasteiger partial charge < -0.3 is 5.32 Å². The maximum atomic E-state index is 4.48. The SMILES string of the molecule is Cc1nn(C)c(Sc2ncns2)c1CNC(C)C. The molecule has 0 aromatic carbocycles. The molecule has 0 bridgehead atoms. The molecule has 0 unspecified atom stereocenters. The first-order valence-electron chi connectivity index (χ1n) is 5.78. The summed E-state index contributed by atoms with van der Waals surface area (Å²) >= 11 is 3.03. The Balaban J connectivity index is 2.22. The van der Waals surface area contributed by atoms with E-state index in [-0.39, 0.29) is 0 Å². The Bertz CT molecular complexity index is 504. The monoisotopic (exact) mass is 283 g/mol. The molecular weight excluding hydrogens is 266 g/mol. The third-order valence-electron chi connectivity index (χ3n) is 2.50. The predicted octanol–water partition coefficient (Wildman–Crippen LogP) is 2.23. The largest absolute Gasteiger partial charge is 0.310 e. The summed E-state index contributed by atoms with van der Waals surface area (Å²) in [6, 6.07) is 0.462. The fraction of sp³-hybridized carbons (Fsp3) is 0.545. The molecule has 5 nitrogen and oxygen atoms in total. The molecule has 1 N–H and O–H groups in total. The van der Waals surface area contributed by atoms with Gasteiger partial charge in [0, 0.05) is 25.2 Å². The van der Waals surface area contributed by atoms with Crippen LogP contribution in [0.3, 0.4) is 0 Å². The van der Waals surface area contributed by atoms with Crippen LogP contribution in [-0.4, -0.2) is 25.2 Å². The fourth-order valence-corrected chi connectivity index (χ4v) is 3.18. The van der Waals surface area contributed by atoms with Crippen molar-refractivity contribution in [1.29, 1.82) is 0 Å². The number of rotatable bonds is 5. The second-order valence-corrected chi connectivity index (χ2v) is 6.35. The Labute approximate surface area is 115 Å².